The molecule has 21 heavy (non-hydrogen) atoms. The molecule has 1 N–H and O–H groups in total. The van der Waals surface area contributed by atoms with Crippen LogP contribution in [0.1, 0.15) is 18.5 Å². The molecule has 0 spiro atoms. The van der Waals surface area contributed by atoms with E-state index in [0.29, 0.717) is 6.04 Å². The van der Waals surface area contributed by atoms with Gasteiger partial charge in [-0.3, -0.25) is 0 Å². The first kappa shape index (κ1) is 14.0. The Hall–Kier alpha value is -1.94. The number of halogens is 2. The summed E-state index contributed by atoms with van der Waals surface area (Å²) in [5.41, 5.74) is 1.89. The predicted octanol–water partition coefficient (Wildman–Crippen LogP) is 3.50. The van der Waals surface area contributed by atoms with Crippen molar-refractivity contribution in [2.24, 2.45) is 0 Å². The second kappa shape index (κ2) is 5.82. The van der Waals surface area contributed by atoms with Crippen LogP contribution in [0.3, 0.4) is 0 Å². The Morgan fingerprint density at radius 1 is 1.05 bits per heavy atom. The molecule has 1 fully saturated rings. The molecular formula is C17H18F2N2. The Bertz CT molecular complexity index is 615. The minimum absolute atomic E-state index is 0.118. The van der Waals surface area contributed by atoms with Gasteiger partial charge in [0.1, 0.15) is 0 Å². The fraction of sp³-hybridized carbons (Fsp3) is 0.294. The summed E-state index contributed by atoms with van der Waals surface area (Å²) >= 11 is 0. The second-order valence-corrected chi connectivity index (χ2v) is 5.49. The van der Waals surface area contributed by atoms with Crippen molar-refractivity contribution in [2.75, 3.05) is 18.0 Å². The Kier molecular flexibility index (Phi) is 3.88. The predicted molar refractivity (Wildman–Crippen MR) is 80.4 cm³/mol. The van der Waals surface area contributed by atoms with Crippen LogP contribution in [0.25, 0.3) is 0 Å². The summed E-state index contributed by atoms with van der Waals surface area (Å²) in [7, 11) is 0. The van der Waals surface area contributed by atoms with E-state index in [1.165, 1.54) is 17.7 Å². The van der Waals surface area contributed by atoms with E-state index in [4.69, 9.17) is 0 Å². The smallest absolute Gasteiger partial charge is 0.160 e. The molecule has 0 bridgehead atoms. The zero-order valence-corrected chi connectivity index (χ0v) is 11.9. The van der Waals surface area contributed by atoms with Crippen LogP contribution in [0.5, 0.6) is 0 Å². The quantitative estimate of drug-likeness (QED) is 0.910. The van der Waals surface area contributed by atoms with E-state index in [9.17, 15) is 8.78 Å². The molecule has 1 saturated heterocycles. The highest BCUT2D eigenvalue weighted by atomic mass is 19.2. The summed E-state index contributed by atoms with van der Waals surface area (Å²) < 4.78 is 26.7. The van der Waals surface area contributed by atoms with Gasteiger partial charge in [0.15, 0.2) is 11.6 Å². The highest BCUT2D eigenvalue weighted by Gasteiger charge is 2.27. The van der Waals surface area contributed by atoms with Crippen molar-refractivity contribution in [1.82, 2.24) is 5.32 Å². The van der Waals surface area contributed by atoms with Crippen molar-refractivity contribution >= 4 is 5.69 Å². The van der Waals surface area contributed by atoms with Gasteiger partial charge in [-0.05, 0) is 24.6 Å². The van der Waals surface area contributed by atoms with E-state index in [1.807, 2.05) is 18.2 Å². The zero-order chi connectivity index (χ0) is 14.8. The van der Waals surface area contributed by atoms with E-state index in [-0.39, 0.29) is 6.04 Å². The standard InChI is InChI=1S/C17H18F2N2/c1-12-11-21(14-7-8-15(18)16(19)9-14)17(10-20-12)13-5-3-2-4-6-13/h2-9,12,17,20H,10-11H2,1H3. The fourth-order valence-electron chi connectivity index (χ4n) is 2.83. The Morgan fingerprint density at radius 3 is 2.52 bits per heavy atom. The minimum atomic E-state index is -0.807. The van der Waals surface area contributed by atoms with Crippen LogP contribution in [0.2, 0.25) is 0 Å². The fourth-order valence-corrected chi connectivity index (χ4v) is 2.83. The Labute approximate surface area is 123 Å². The molecule has 2 aromatic carbocycles. The van der Waals surface area contributed by atoms with E-state index >= 15 is 0 Å². The lowest BCUT2D eigenvalue weighted by atomic mass is 10.0. The van der Waals surface area contributed by atoms with Gasteiger partial charge in [-0.1, -0.05) is 30.3 Å². The van der Waals surface area contributed by atoms with Gasteiger partial charge in [0, 0.05) is 30.9 Å². The largest absolute Gasteiger partial charge is 0.362 e. The van der Waals surface area contributed by atoms with Crippen LogP contribution in [-0.4, -0.2) is 19.1 Å². The highest BCUT2D eigenvalue weighted by Crippen LogP contribution is 2.30. The van der Waals surface area contributed by atoms with E-state index in [1.54, 1.807) is 6.07 Å². The highest BCUT2D eigenvalue weighted by molar-refractivity contribution is 5.50. The third-order valence-corrected chi connectivity index (χ3v) is 3.93. The van der Waals surface area contributed by atoms with Gasteiger partial charge < -0.3 is 10.2 Å². The molecule has 2 aromatic rings. The van der Waals surface area contributed by atoms with Crippen molar-refractivity contribution in [2.45, 2.75) is 19.0 Å². The molecule has 2 atom stereocenters. The first-order valence-corrected chi connectivity index (χ1v) is 7.15. The third-order valence-electron chi connectivity index (χ3n) is 3.93. The van der Waals surface area contributed by atoms with Crippen molar-refractivity contribution in [3.05, 3.63) is 65.7 Å². The molecule has 2 nitrogen and oxygen atoms in total. The number of nitrogens with one attached hydrogen (secondary N) is 1. The van der Waals surface area contributed by atoms with Gasteiger partial charge in [0.25, 0.3) is 0 Å². The molecule has 1 aliphatic heterocycles. The molecular weight excluding hydrogens is 270 g/mol. The molecule has 0 aliphatic carbocycles. The van der Waals surface area contributed by atoms with Gasteiger partial charge in [0.2, 0.25) is 0 Å². The average molecular weight is 288 g/mol. The third kappa shape index (κ3) is 2.90. The van der Waals surface area contributed by atoms with Gasteiger partial charge in [-0.15, -0.1) is 0 Å². The van der Waals surface area contributed by atoms with E-state index in [0.717, 1.165) is 18.8 Å². The van der Waals surface area contributed by atoms with Gasteiger partial charge in [0.05, 0.1) is 6.04 Å². The van der Waals surface area contributed by atoms with Crippen LogP contribution in [0.15, 0.2) is 48.5 Å². The number of anilines is 1. The second-order valence-electron chi connectivity index (χ2n) is 5.49. The van der Waals surface area contributed by atoms with Gasteiger partial charge in [-0.25, -0.2) is 8.78 Å². The molecule has 0 saturated carbocycles. The molecule has 0 amide bonds. The first-order chi connectivity index (χ1) is 10.1. The number of benzene rings is 2. The number of hydrogen-bond donors (Lipinski definition) is 1. The summed E-state index contributed by atoms with van der Waals surface area (Å²) in [5.74, 6) is -1.61. The summed E-state index contributed by atoms with van der Waals surface area (Å²) in [5, 5.41) is 3.45. The SMILES string of the molecule is CC1CN(c2ccc(F)c(F)c2)C(c2ccccc2)CN1. The van der Waals surface area contributed by atoms with Crippen LogP contribution < -0.4 is 10.2 Å². The maximum atomic E-state index is 13.5. The number of piperazine rings is 1. The first-order valence-electron chi connectivity index (χ1n) is 7.15. The summed E-state index contributed by atoms with van der Waals surface area (Å²) in [6.45, 7) is 3.63. The lowest BCUT2D eigenvalue weighted by Crippen LogP contribution is -2.51. The Balaban J connectivity index is 1.96. The molecule has 4 heteroatoms. The maximum Gasteiger partial charge on any atom is 0.160 e. The lowest BCUT2D eigenvalue weighted by Gasteiger charge is -2.41. The Morgan fingerprint density at radius 2 is 1.81 bits per heavy atom. The summed E-state index contributed by atoms with van der Waals surface area (Å²) in [6.07, 6.45) is 0. The molecule has 0 aromatic heterocycles. The van der Waals surface area contributed by atoms with Crippen LogP contribution in [0.4, 0.5) is 14.5 Å². The van der Waals surface area contributed by atoms with E-state index < -0.39 is 11.6 Å². The van der Waals surface area contributed by atoms with Crippen LogP contribution in [-0.2, 0) is 0 Å². The van der Waals surface area contributed by atoms with E-state index in [2.05, 4.69) is 29.3 Å². The molecule has 1 aliphatic rings. The average Bonchev–Trinajstić information content (AvgIpc) is 2.51. The van der Waals surface area contributed by atoms with Crippen molar-refractivity contribution in [1.29, 1.82) is 0 Å². The van der Waals surface area contributed by atoms with Crippen LogP contribution in [0, 0.1) is 11.6 Å². The summed E-state index contributed by atoms with van der Waals surface area (Å²) in [6, 6.07) is 14.6. The molecule has 2 unspecified atom stereocenters. The van der Waals surface area contributed by atoms with Crippen molar-refractivity contribution in [3.8, 4) is 0 Å². The van der Waals surface area contributed by atoms with Crippen molar-refractivity contribution in [3.63, 3.8) is 0 Å². The van der Waals surface area contributed by atoms with Crippen LogP contribution >= 0.6 is 0 Å². The number of hydrogen-bond acceptors (Lipinski definition) is 2. The van der Waals surface area contributed by atoms with Gasteiger partial charge >= 0.3 is 0 Å². The molecule has 1 heterocycles. The monoisotopic (exact) mass is 288 g/mol. The minimum Gasteiger partial charge on any atom is -0.362 e. The lowest BCUT2D eigenvalue weighted by molar-refractivity contribution is 0.415. The topological polar surface area (TPSA) is 15.3 Å². The molecule has 0 radical (unpaired) electrons. The zero-order valence-electron chi connectivity index (χ0n) is 11.9. The summed E-state index contributed by atoms with van der Waals surface area (Å²) in [4.78, 5) is 2.14. The normalized spacial score (nSPS) is 22.3. The van der Waals surface area contributed by atoms with Crippen molar-refractivity contribution < 1.29 is 8.78 Å². The number of rotatable bonds is 2. The molecule has 110 valence electrons. The van der Waals surface area contributed by atoms with Gasteiger partial charge in [-0.2, -0.15) is 0 Å². The maximum absolute atomic E-state index is 13.5. The number of nitrogens with zero attached hydrogens (tertiary/aromatic N) is 1. The molecule has 3 rings (SSSR count).